The normalized spacial score (nSPS) is 10.8. The number of fused-ring (bicyclic) bond motifs is 1. The Morgan fingerprint density at radius 1 is 0.833 bits per heavy atom. The molecule has 0 unspecified atom stereocenters. The van der Waals surface area contributed by atoms with Gasteiger partial charge in [-0.1, -0.05) is 36.4 Å². The fourth-order valence-corrected chi connectivity index (χ4v) is 3.00. The number of hydrogen-bond donors (Lipinski definition) is 0. The minimum atomic E-state index is -0.339. The Hall–Kier alpha value is -3.40. The summed E-state index contributed by atoms with van der Waals surface area (Å²) < 4.78 is 2.11. The SMILES string of the molecule is O=[N+]([O-])c1ccccc1-c1ccc2c(ccn2-c2ccccc2)c1. The molecule has 1 aromatic heterocycles. The number of hydrogen-bond acceptors (Lipinski definition) is 2. The van der Waals surface area contributed by atoms with Crippen molar-refractivity contribution in [2.45, 2.75) is 0 Å². The van der Waals surface area contributed by atoms with Gasteiger partial charge in [-0.05, 0) is 42.0 Å². The number of rotatable bonds is 3. The number of nitro groups is 1. The Kier molecular flexibility index (Phi) is 3.35. The van der Waals surface area contributed by atoms with Gasteiger partial charge < -0.3 is 4.57 Å². The monoisotopic (exact) mass is 314 g/mol. The molecule has 4 aromatic rings. The van der Waals surface area contributed by atoms with E-state index in [0.717, 1.165) is 22.2 Å². The van der Waals surface area contributed by atoms with E-state index in [1.165, 1.54) is 6.07 Å². The summed E-state index contributed by atoms with van der Waals surface area (Å²) in [6.07, 6.45) is 2.02. The fourth-order valence-electron chi connectivity index (χ4n) is 3.00. The van der Waals surface area contributed by atoms with Gasteiger partial charge in [-0.25, -0.2) is 0 Å². The Balaban J connectivity index is 1.86. The Labute approximate surface area is 138 Å². The number of nitrogens with zero attached hydrogens (tertiary/aromatic N) is 2. The minimum absolute atomic E-state index is 0.124. The first-order valence-electron chi connectivity index (χ1n) is 7.64. The highest BCUT2D eigenvalue weighted by molar-refractivity contribution is 5.88. The lowest BCUT2D eigenvalue weighted by atomic mass is 10.0. The lowest BCUT2D eigenvalue weighted by Crippen LogP contribution is -1.92. The molecule has 0 radical (unpaired) electrons. The summed E-state index contributed by atoms with van der Waals surface area (Å²) in [4.78, 5) is 10.9. The van der Waals surface area contributed by atoms with Gasteiger partial charge in [0.25, 0.3) is 5.69 Å². The zero-order valence-electron chi connectivity index (χ0n) is 12.8. The minimum Gasteiger partial charge on any atom is -0.317 e. The number of nitro benzene ring substituents is 1. The number of benzene rings is 3. The first kappa shape index (κ1) is 14.2. The average molecular weight is 314 g/mol. The highest BCUT2D eigenvalue weighted by Gasteiger charge is 2.14. The molecule has 1 heterocycles. The van der Waals surface area contributed by atoms with Gasteiger partial charge in [0, 0.05) is 23.3 Å². The third-order valence-electron chi connectivity index (χ3n) is 4.14. The van der Waals surface area contributed by atoms with E-state index in [1.54, 1.807) is 12.1 Å². The van der Waals surface area contributed by atoms with Crippen LogP contribution in [-0.4, -0.2) is 9.49 Å². The van der Waals surface area contributed by atoms with Crippen LogP contribution in [0.3, 0.4) is 0 Å². The van der Waals surface area contributed by atoms with Gasteiger partial charge in [-0.3, -0.25) is 10.1 Å². The predicted molar refractivity (Wildman–Crippen MR) is 95.4 cm³/mol. The van der Waals surface area contributed by atoms with Crippen LogP contribution in [0.2, 0.25) is 0 Å². The van der Waals surface area contributed by atoms with Crippen LogP contribution in [0.15, 0.2) is 85.1 Å². The summed E-state index contributed by atoms with van der Waals surface area (Å²) in [5.41, 5.74) is 3.77. The second kappa shape index (κ2) is 5.66. The zero-order valence-corrected chi connectivity index (χ0v) is 12.8. The second-order valence-corrected chi connectivity index (χ2v) is 5.57. The molecule has 0 spiro atoms. The van der Waals surface area contributed by atoms with Gasteiger partial charge in [0.2, 0.25) is 0 Å². The highest BCUT2D eigenvalue weighted by Crippen LogP contribution is 2.32. The molecule has 0 aliphatic heterocycles. The van der Waals surface area contributed by atoms with Crippen molar-refractivity contribution >= 4 is 16.6 Å². The van der Waals surface area contributed by atoms with Crippen molar-refractivity contribution in [2.24, 2.45) is 0 Å². The van der Waals surface area contributed by atoms with Crippen LogP contribution in [-0.2, 0) is 0 Å². The van der Waals surface area contributed by atoms with Crippen molar-refractivity contribution in [3.05, 3.63) is 95.2 Å². The van der Waals surface area contributed by atoms with E-state index < -0.39 is 0 Å². The molecule has 4 nitrogen and oxygen atoms in total. The molecule has 4 rings (SSSR count). The lowest BCUT2D eigenvalue weighted by molar-refractivity contribution is -0.384. The largest absolute Gasteiger partial charge is 0.317 e. The molecule has 0 fully saturated rings. The van der Waals surface area contributed by atoms with Gasteiger partial charge in [0.05, 0.1) is 16.0 Å². The van der Waals surface area contributed by atoms with Gasteiger partial charge in [0.15, 0.2) is 0 Å². The van der Waals surface area contributed by atoms with Crippen molar-refractivity contribution in [3.8, 4) is 16.8 Å². The van der Waals surface area contributed by atoms with Crippen molar-refractivity contribution in [2.75, 3.05) is 0 Å². The maximum absolute atomic E-state index is 11.2. The lowest BCUT2D eigenvalue weighted by Gasteiger charge is -2.07. The van der Waals surface area contributed by atoms with Gasteiger partial charge >= 0.3 is 0 Å². The summed E-state index contributed by atoms with van der Waals surface area (Å²) >= 11 is 0. The molecule has 0 aliphatic rings. The van der Waals surface area contributed by atoms with Crippen molar-refractivity contribution in [1.82, 2.24) is 4.57 Å². The quantitative estimate of drug-likeness (QED) is 0.385. The smallest absolute Gasteiger partial charge is 0.277 e. The van der Waals surface area contributed by atoms with Crippen molar-refractivity contribution < 1.29 is 4.92 Å². The Morgan fingerprint density at radius 3 is 2.38 bits per heavy atom. The van der Waals surface area contributed by atoms with Gasteiger partial charge in [-0.2, -0.15) is 0 Å². The summed E-state index contributed by atoms with van der Waals surface area (Å²) in [7, 11) is 0. The first-order valence-corrected chi connectivity index (χ1v) is 7.64. The van der Waals surface area contributed by atoms with E-state index in [1.807, 2.05) is 54.7 Å². The van der Waals surface area contributed by atoms with Crippen LogP contribution in [0.4, 0.5) is 5.69 Å². The first-order chi connectivity index (χ1) is 11.7. The van der Waals surface area contributed by atoms with E-state index >= 15 is 0 Å². The predicted octanol–water partition coefficient (Wildman–Crippen LogP) is 5.21. The second-order valence-electron chi connectivity index (χ2n) is 5.57. The topological polar surface area (TPSA) is 48.1 Å². The molecule has 0 N–H and O–H groups in total. The van der Waals surface area contributed by atoms with Crippen LogP contribution in [0, 0.1) is 10.1 Å². The maximum atomic E-state index is 11.2. The Bertz CT molecular complexity index is 1040. The number of para-hydroxylation sites is 2. The summed E-state index contributed by atoms with van der Waals surface area (Å²) in [5.74, 6) is 0. The van der Waals surface area contributed by atoms with Crippen LogP contribution >= 0.6 is 0 Å². The van der Waals surface area contributed by atoms with E-state index in [4.69, 9.17) is 0 Å². The molecule has 0 saturated heterocycles. The van der Waals surface area contributed by atoms with Crippen molar-refractivity contribution in [3.63, 3.8) is 0 Å². The van der Waals surface area contributed by atoms with E-state index in [0.29, 0.717) is 5.56 Å². The van der Waals surface area contributed by atoms with E-state index in [9.17, 15) is 10.1 Å². The summed E-state index contributed by atoms with van der Waals surface area (Å²) in [6, 6.07) is 24.9. The van der Waals surface area contributed by atoms with E-state index in [2.05, 4.69) is 16.7 Å². The average Bonchev–Trinajstić information content (AvgIpc) is 3.05. The molecule has 0 bridgehead atoms. The molecular weight excluding hydrogens is 300 g/mol. The zero-order chi connectivity index (χ0) is 16.5. The molecule has 0 aliphatic carbocycles. The molecule has 0 amide bonds. The maximum Gasteiger partial charge on any atom is 0.277 e. The van der Waals surface area contributed by atoms with Gasteiger partial charge in [-0.15, -0.1) is 0 Å². The highest BCUT2D eigenvalue weighted by atomic mass is 16.6. The summed E-state index contributed by atoms with van der Waals surface area (Å²) in [6.45, 7) is 0. The van der Waals surface area contributed by atoms with Crippen LogP contribution < -0.4 is 0 Å². The molecule has 24 heavy (non-hydrogen) atoms. The third-order valence-corrected chi connectivity index (χ3v) is 4.14. The number of aromatic nitrogens is 1. The molecule has 0 atom stereocenters. The molecule has 0 saturated carbocycles. The van der Waals surface area contributed by atoms with Crippen LogP contribution in [0.25, 0.3) is 27.7 Å². The fraction of sp³-hybridized carbons (Fsp3) is 0. The van der Waals surface area contributed by atoms with Gasteiger partial charge in [0.1, 0.15) is 0 Å². The van der Waals surface area contributed by atoms with Crippen LogP contribution in [0.5, 0.6) is 0 Å². The van der Waals surface area contributed by atoms with Crippen LogP contribution in [0.1, 0.15) is 0 Å². The molecule has 4 heteroatoms. The standard InChI is InChI=1S/C20H14N2O2/c23-22(24)20-9-5-4-8-18(20)15-10-11-19-16(14-15)12-13-21(19)17-6-2-1-3-7-17/h1-14H. The third kappa shape index (κ3) is 2.34. The molecular formula is C20H14N2O2. The summed E-state index contributed by atoms with van der Waals surface area (Å²) in [5, 5.41) is 12.3. The molecule has 116 valence electrons. The van der Waals surface area contributed by atoms with E-state index in [-0.39, 0.29) is 10.6 Å². The Morgan fingerprint density at radius 2 is 1.58 bits per heavy atom. The molecule has 3 aromatic carbocycles. The van der Waals surface area contributed by atoms with Crippen molar-refractivity contribution in [1.29, 1.82) is 0 Å².